The highest BCUT2D eigenvalue weighted by atomic mass is 16.7. The van der Waals surface area contributed by atoms with Crippen molar-refractivity contribution in [3.05, 3.63) is 51.9 Å². The number of nitrogens with zero attached hydrogens (tertiary/aromatic N) is 2. The van der Waals surface area contributed by atoms with Crippen molar-refractivity contribution in [2.75, 3.05) is 40.2 Å². The standard InChI is InChI=1S/C21H22N2O7/c1-13-5-6-23(15-3-4-16-17(9-15)30-12-29-16)20(25)18(13)19(24)22-7-8-28-11-14(10-22)21(26)27-2/h3-6,9,14H,7-8,10-12H2,1-2H3. The number of esters is 1. The lowest BCUT2D eigenvalue weighted by atomic mass is 10.1. The van der Waals surface area contributed by atoms with Gasteiger partial charge in [0.25, 0.3) is 11.5 Å². The molecule has 4 rings (SSSR count). The molecule has 0 aliphatic carbocycles. The van der Waals surface area contributed by atoms with E-state index in [2.05, 4.69) is 0 Å². The molecule has 0 bridgehead atoms. The summed E-state index contributed by atoms with van der Waals surface area (Å²) >= 11 is 0. The van der Waals surface area contributed by atoms with Crippen molar-refractivity contribution in [1.29, 1.82) is 0 Å². The van der Waals surface area contributed by atoms with Gasteiger partial charge in [0.05, 0.1) is 31.9 Å². The van der Waals surface area contributed by atoms with Gasteiger partial charge in [-0.2, -0.15) is 0 Å². The van der Waals surface area contributed by atoms with Gasteiger partial charge in [0.15, 0.2) is 11.5 Å². The summed E-state index contributed by atoms with van der Waals surface area (Å²) in [6.07, 6.45) is 1.62. The monoisotopic (exact) mass is 414 g/mol. The maximum atomic E-state index is 13.3. The Bertz CT molecular complexity index is 1050. The van der Waals surface area contributed by atoms with Crippen LogP contribution in [0.5, 0.6) is 11.5 Å². The first-order chi connectivity index (χ1) is 14.5. The van der Waals surface area contributed by atoms with Gasteiger partial charge >= 0.3 is 5.97 Å². The van der Waals surface area contributed by atoms with Gasteiger partial charge in [-0.3, -0.25) is 19.0 Å². The van der Waals surface area contributed by atoms with Gasteiger partial charge in [-0.25, -0.2) is 0 Å². The minimum Gasteiger partial charge on any atom is -0.469 e. The third-order valence-electron chi connectivity index (χ3n) is 5.24. The zero-order valence-corrected chi connectivity index (χ0v) is 16.8. The van der Waals surface area contributed by atoms with Gasteiger partial charge in [-0.15, -0.1) is 0 Å². The average Bonchev–Trinajstić information content (AvgIpc) is 3.07. The Morgan fingerprint density at radius 3 is 2.77 bits per heavy atom. The molecule has 30 heavy (non-hydrogen) atoms. The van der Waals surface area contributed by atoms with Crippen LogP contribution in [-0.4, -0.2) is 61.5 Å². The molecule has 9 nitrogen and oxygen atoms in total. The summed E-state index contributed by atoms with van der Waals surface area (Å²) in [5, 5.41) is 0. The van der Waals surface area contributed by atoms with E-state index in [0.29, 0.717) is 22.7 Å². The Balaban J connectivity index is 1.68. The van der Waals surface area contributed by atoms with Gasteiger partial charge in [0, 0.05) is 25.4 Å². The molecule has 0 saturated carbocycles. The number of benzene rings is 1. The lowest BCUT2D eigenvalue weighted by molar-refractivity contribution is -0.147. The largest absolute Gasteiger partial charge is 0.469 e. The zero-order chi connectivity index (χ0) is 21.3. The van der Waals surface area contributed by atoms with E-state index in [9.17, 15) is 14.4 Å². The SMILES string of the molecule is COC(=O)C1COCCN(C(=O)c2c(C)ccn(-c3ccc4c(c3)OCO4)c2=O)C1. The Morgan fingerprint density at radius 2 is 1.97 bits per heavy atom. The molecule has 1 atom stereocenters. The number of hydrogen-bond acceptors (Lipinski definition) is 7. The van der Waals surface area contributed by atoms with Gasteiger partial charge < -0.3 is 23.8 Å². The molecule has 0 radical (unpaired) electrons. The predicted molar refractivity (Wildman–Crippen MR) is 105 cm³/mol. The molecular formula is C21H22N2O7. The summed E-state index contributed by atoms with van der Waals surface area (Å²) in [4.78, 5) is 40.0. The van der Waals surface area contributed by atoms with E-state index < -0.39 is 23.4 Å². The smallest absolute Gasteiger partial charge is 0.312 e. The summed E-state index contributed by atoms with van der Waals surface area (Å²) in [6, 6.07) is 6.86. The van der Waals surface area contributed by atoms with Crippen molar-refractivity contribution in [3.63, 3.8) is 0 Å². The maximum absolute atomic E-state index is 13.3. The Hall–Kier alpha value is -3.33. The van der Waals surface area contributed by atoms with Gasteiger partial charge in [0.2, 0.25) is 6.79 Å². The number of aromatic nitrogens is 1. The summed E-state index contributed by atoms with van der Waals surface area (Å²) in [6.45, 7) is 2.70. The second-order valence-corrected chi connectivity index (χ2v) is 7.13. The predicted octanol–water partition coefficient (Wildman–Crippen LogP) is 1.14. The number of aryl methyl sites for hydroxylation is 1. The molecule has 1 saturated heterocycles. The van der Waals surface area contributed by atoms with Gasteiger partial charge in [-0.1, -0.05) is 0 Å². The first kappa shape index (κ1) is 20.0. The maximum Gasteiger partial charge on any atom is 0.312 e. The number of carbonyl (C=O) groups is 2. The molecule has 158 valence electrons. The molecule has 1 unspecified atom stereocenters. The van der Waals surface area contributed by atoms with Crippen LogP contribution in [0.3, 0.4) is 0 Å². The van der Waals surface area contributed by atoms with E-state index in [1.54, 1.807) is 37.4 Å². The van der Waals surface area contributed by atoms with E-state index in [4.69, 9.17) is 18.9 Å². The molecule has 2 aromatic rings. The van der Waals surface area contributed by atoms with Crippen LogP contribution in [0.15, 0.2) is 35.3 Å². The van der Waals surface area contributed by atoms with Crippen LogP contribution < -0.4 is 15.0 Å². The minimum absolute atomic E-state index is 0.0562. The number of fused-ring (bicyclic) bond motifs is 1. The summed E-state index contributed by atoms with van der Waals surface area (Å²) < 4.78 is 22.3. The van der Waals surface area contributed by atoms with Crippen molar-refractivity contribution in [2.45, 2.75) is 6.92 Å². The topological polar surface area (TPSA) is 96.3 Å². The van der Waals surface area contributed by atoms with E-state index in [1.807, 2.05) is 0 Å². The molecule has 1 fully saturated rings. The van der Waals surface area contributed by atoms with Gasteiger partial charge in [-0.05, 0) is 30.7 Å². The average molecular weight is 414 g/mol. The summed E-state index contributed by atoms with van der Waals surface area (Å²) in [7, 11) is 1.30. The lowest BCUT2D eigenvalue weighted by Crippen LogP contribution is -2.41. The molecule has 0 N–H and O–H groups in total. The first-order valence-corrected chi connectivity index (χ1v) is 9.56. The number of amides is 1. The van der Waals surface area contributed by atoms with Crippen molar-refractivity contribution in [3.8, 4) is 17.2 Å². The molecular weight excluding hydrogens is 392 g/mol. The molecule has 1 amide bonds. The number of hydrogen-bond donors (Lipinski definition) is 0. The summed E-state index contributed by atoms with van der Waals surface area (Å²) in [5.41, 5.74) is 0.728. The normalized spacial score (nSPS) is 18.1. The molecule has 3 heterocycles. The van der Waals surface area contributed by atoms with Crippen molar-refractivity contribution in [2.24, 2.45) is 5.92 Å². The quantitative estimate of drug-likeness (QED) is 0.695. The van der Waals surface area contributed by atoms with Crippen LogP contribution in [0.25, 0.3) is 5.69 Å². The van der Waals surface area contributed by atoms with E-state index in [-0.39, 0.29) is 38.7 Å². The van der Waals surface area contributed by atoms with Crippen LogP contribution in [0, 0.1) is 12.8 Å². The highest BCUT2D eigenvalue weighted by Crippen LogP contribution is 2.33. The molecule has 0 spiro atoms. The van der Waals surface area contributed by atoms with E-state index in [0.717, 1.165) is 0 Å². The zero-order valence-electron chi connectivity index (χ0n) is 16.8. The van der Waals surface area contributed by atoms with Crippen molar-refractivity contribution < 1.29 is 28.5 Å². The van der Waals surface area contributed by atoms with Gasteiger partial charge in [0.1, 0.15) is 5.56 Å². The molecule has 1 aromatic heterocycles. The minimum atomic E-state index is -0.596. The van der Waals surface area contributed by atoms with Crippen LogP contribution in [0.1, 0.15) is 15.9 Å². The third-order valence-corrected chi connectivity index (χ3v) is 5.24. The molecule has 2 aliphatic rings. The van der Waals surface area contributed by atoms with E-state index >= 15 is 0 Å². The Labute approximate surface area is 172 Å². The Kier molecular flexibility index (Phi) is 5.45. The number of methoxy groups -OCH3 is 1. The number of rotatable bonds is 3. The van der Waals surface area contributed by atoms with Crippen LogP contribution in [0.2, 0.25) is 0 Å². The van der Waals surface area contributed by atoms with Crippen LogP contribution in [-0.2, 0) is 14.3 Å². The number of carbonyl (C=O) groups excluding carboxylic acids is 2. The Morgan fingerprint density at radius 1 is 1.17 bits per heavy atom. The number of pyridine rings is 1. The third kappa shape index (κ3) is 3.63. The van der Waals surface area contributed by atoms with E-state index in [1.165, 1.54) is 16.6 Å². The highest BCUT2D eigenvalue weighted by molar-refractivity contribution is 5.95. The second-order valence-electron chi connectivity index (χ2n) is 7.13. The fraction of sp³-hybridized carbons (Fsp3) is 0.381. The van der Waals surface area contributed by atoms with Crippen LogP contribution >= 0.6 is 0 Å². The number of ether oxygens (including phenoxy) is 4. The fourth-order valence-electron chi connectivity index (χ4n) is 3.59. The second kappa shape index (κ2) is 8.19. The first-order valence-electron chi connectivity index (χ1n) is 9.56. The molecule has 9 heteroatoms. The fourth-order valence-corrected chi connectivity index (χ4v) is 3.59. The molecule has 2 aliphatic heterocycles. The van der Waals surface area contributed by atoms with Crippen molar-refractivity contribution in [1.82, 2.24) is 9.47 Å². The highest BCUT2D eigenvalue weighted by Gasteiger charge is 2.30. The van der Waals surface area contributed by atoms with Crippen LogP contribution in [0.4, 0.5) is 0 Å². The lowest BCUT2D eigenvalue weighted by Gasteiger charge is -2.23. The summed E-state index contributed by atoms with van der Waals surface area (Å²) in [5.74, 6) is -0.335. The van der Waals surface area contributed by atoms with Crippen molar-refractivity contribution >= 4 is 11.9 Å². The molecule has 1 aromatic carbocycles.